The van der Waals surface area contributed by atoms with Crippen LogP contribution >= 0.6 is 0 Å². The summed E-state index contributed by atoms with van der Waals surface area (Å²) in [5.74, 6) is 2.47. The molecule has 0 unspecified atom stereocenters. The van der Waals surface area contributed by atoms with E-state index in [4.69, 9.17) is 14.7 Å². The lowest BCUT2D eigenvalue weighted by molar-refractivity contribution is 0.307. The number of ether oxygens (including phenoxy) is 1. The van der Waals surface area contributed by atoms with Gasteiger partial charge in [-0.05, 0) is 61.1 Å². The topological polar surface area (TPSA) is 63.7 Å². The van der Waals surface area contributed by atoms with Gasteiger partial charge in [0.1, 0.15) is 23.7 Å². The molecule has 2 aromatic heterocycles. The third kappa shape index (κ3) is 3.39. The molecule has 33 heavy (non-hydrogen) atoms. The first-order valence-electron chi connectivity index (χ1n) is 11.4. The van der Waals surface area contributed by atoms with Gasteiger partial charge >= 0.3 is 0 Å². The first kappa shape index (κ1) is 19.8. The lowest BCUT2D eigenvalue weighted by Gasteiger charge is -2.13. The number of aryl methyl sites for hydroxylation is 2. The van der Waals surface area contributed by atoms with Gasteiger partial charge in [-0.1, -0.05) is 36.4 Å². The van der Waals surface area contributed by atoms with Gasteiger partial charge in [0.15, 0.2) is 5.65 Å². The number of aromatic nitrogens is 3. The highest BCUT2D eigenvalue weighted by molar-refractivity contribution is 5.86. The number of hydrogen-bond acceptors (Lipinski definition) is 4. The van der Waals surface area contributed by atoms with Crippen molar-refractivity contribution >= 4 is 16.7 Å². The quantitative estimate of drug-likeness (QED) is 0.383. The Balaban J connectivity index is 1.44. The summed E-state index contributed by atoms with van der Waals surface area (Å²) >= 11 is 0. The van der Waals surface area contributed by atoms with Gasteiger partial charge in [-0.2, -0.15) is 5.26 Å². The summed E-state index contributed by atoms with van der Waals surface area (Å²) in [5, 5.41) is 9.44. The van der Waals surface area contributed by atoms with Crippen molar-refractivity contribution in [3.05, 3.63) is 93.9 Å². The van der Waals surface area contributed by atoms with E-state index in [0.29, 0.717) is 19.1 Å². The van der Waals surface area contributed by atoms with Crippen LogP contribution in [0.1, 0.15) is 58.1 Å². The average molecular weight is 433 g/mol. The summed E-state index contributed by atoms with van der Waals surface area (Å²) < 4.78 is 8.52. The van der Waals surface area contributed by atoms with E-state index in [-0.39, 0.29) is 0 Å². The molecule has 0 radical (unpaired) electrons. The Bertz CT molecular complexity index is 1480. The zero-order valence-corrected chi connectivity index (χ0v) is 18.8. The van der Waals surface area contributed by atoms with Crippen molar-refractivity contribution in [1.29, 1.82) is 5.26 Å². The molecule has 0 N–H and O–H groups in total. The van der Waals surface area contributed by atoms with Crippen LogP contribution in [0.4, 0.5) is 0 Å². The summed E-state index contributed by atoms with van der Waals surface area (Å²) in [6.07, 6.45) is 4.00. The van der Waals surface area contributed by atoms with E-state index < -0.39 is 0 Å². The van der Waals surface area contributed by atoms with Gasteiger partial charge in [-0.3, -0.25) is 0 Å². The molecule has 6 rings (SSSR count). The van der Waals surface area contributed by atoms with Crippen LogP contribution in [0.2, 0.25) is 0 Å². The van der Waals surface area contributed by atoms with Crippen LogP contribution < -0.4 is 4.74 Å². The molecule has 5 nitrogen and oxygen atoms in total. The van der Waals surface area contributed by atoms with Crippen LogP contribution in [0, 0.1) is 25.2 Å². The van der Waals surface area contributed by atoms with Gasteiger partial charge in [-0.15, -0.1) is 0 Å². The van der Waals surface area contributed by atoms with Gasteiger partial charge in [0.05, 0.1) is 12.6 Å². The minimum atomic E-state index is 0.483. The monoisotopic (exact) mass is 432 g/mol. The summed E-state index contributed by atoms with van der Waals surface area (Å²) in [4.78, 5) is 9.85. The van der Waals surface area contributed by atoms with E-state index in [9.17, 15) is 5.26 Å². The SMILES string of the molecule is Cc1cc(C)c2nc(C3CC3)n(Cc3ccc4c(c3)OCc3ccccc3C4=CC#N)c2n1. The predicted molar refractivity (Wildman–Crippen MR) is 128 cm³/mol. The minimum Gasteiger partial charge on any atom is -0.488 e. The maximum Gasteiger partial charge on any atom is 0.160 e. The Kier molecular flexibility index (Phi) is 4.55. The number of nitrogens with zero attached hydrogens (tertiary/aromatic N) is 4. The van der Waals surface area contributed by atoms with Crippen LogP contribution in [0.25, 0.3) is 16.7 Å². The van der Waals surface area contributed by atoms with Crippen molar-refractivity contribution in [2.45, 2.75) is 45.8 Å². The Morgan fingerprint density at radius 2 is 1.94 bits per heavy atom. The number of allylic oxidation sites excluding steroid dienone is 1. The van der Waals surface area contributed by atoms with E-state index in [0.717, 1.165) is 56.3 Å². The van der Waals surface area contributed by atoms with E-state index in [1.807, 2.05) is 19.1 Å². The van der Waals surface area contributed by atoms with Crippen LogP contribution in [0.3, 0.4) is 0 Å². The Morgan fingerprint density at radius 1 is 1.09 bits per heavy atom. The fraction of sp³-hybridized carbons (Fsp3) is 0.250. The maximum absolute atomic E-state index is 9.44. The molecular weight excluding hydrogens is 408 g/mol. The number of rotatable bonds is 3. The van der Waals surface area contributed by atoms with Crippen LogP contribution in [0.5, 0.6) is 5.75 Å². The van der Waals surface area contributed by atoms with Gasteiger partial charge in [0.2, 0.25) is 0 Å². The lowest BCUT2D eigenvalue weighted by Crippen LogP contribution is -2.06. The number of nitriles is 1. The van der Waals surface area contributed by atoms with E-state index >= 15 is 0 Å². The highest BCUT2D eigenvalue weighted by Crippen LogP contribution is 2.42. The van der Waals surface area contributed by atoms with Crippen LogP contribution in [0.15, 0.2) is 54.6 Å². The van der Waals surface area contributed by atoms with Crippen molar-refractivity contribution in [2.75, 3.05) is 0 Å². The normalized spacial score (nSPS) is 16.1. The smallest absolute Gasteiger partial charge is 0.160 e. The second-order valence-corrected chi connectivity index (χ2v) is 9.05. The molecule has 0 bridgehead atoms. The Labute approximate surface area is 193 Å². The van der Waals surface area contributed by atoms with Gasteiger partial charge in [-0.25, -0.2) is 9.97 Å². The Hall–Kier alpha value is -3.91. The second kappa shape index (κ2) is 7.60. The third-order valence-corrected chi connectivity index (χ3v) is 6.57. The fourth-order valence-corrected chi connectivity index (χ4v) is 4.85. The third-order valence-electron chi connectivity index (χ3n) is 6.57. The molecule has 2 aliphatic rings. The molecule has 0 atom stereocenters. The molecule has 1 aliphatic carbocycles. The number of pyridine rings is 1. The van der Waals surface area contributed by atoms with Crippen molar-refractivity contribution < 1.29 is 4.74 Å². The summed E-state index contributed by atoms with van der Waals surface area (Å²) in [5.41, 5.74) is 9.29. The van der Waals surface area contributed by atoms with Crippen molar-refractivity contribution in [2.24, 2.45) is 0 Å². The molecule has 1 fully saturated rings. The molecule has 1 aliphatic heterocycles. The zero-order valence-electron chi connectivity index (χ0n) is 18.8. The van der Waals surface area contributed by atoms with Crippen LogP contribution in [-0.2, 0) is 13.2 Å². The van der Waals surface area contributed by atoms with E-state index in [1.54, 1.807) is 6.08 Å². The van der Waals surface area contributed by atoms with Gasteiger partial charge in [0, 0.05) is 28.8 Å². The maximum atomic E-state index is 9.44. The highest BCUT2D eigenvalue weighted by atomic mass is 16.5. The molecule has 5 heteroatoms. The number of hydrogen-bond donors (Lipinski definition) is 0. The molecule has 0 spiro atoms. The van der Waals surface area contributed by atoms with E-state index in [1.165, 1.54) is 18.4 Å². The largest absolute Gasteiger partial charge is 0.488 e. The fourth-order valence-electron chi connectivity index (χ4n) is 4.85. The van der Waals surface area contributed by atoms with E-state index in [2.05, 4.69) is 54.0 Å². The standard InChI is InChI=1S/C28H24N4O/c1-17-13-18(2)30-28-26(17)31-27(20-8-9-20)32(28)15-19-7-10-24-23(11-12-29)22-6-4-3-5-21(22)16-33-25(24)14-19/h3-7,10-11,13-14,20H,8-9,15-16H2,1-2H3. The average Bonchev–Trinajstić information content (AvgIpc) is 3.61. The molecular formula is C28H24N4O. The highest BCUT2D eigenvalue weighted by Gasteiger charge is 2.30. The van der Waals surface area contributed by atoms with Gasteiger partial charge in [0.25, 0.3) is 0 Å². The Morgan fingerprint density at radius 3 is 2.76 bits per heavy atom. The molecule has 162 valence electrons. The molecule has 0 amide bonds. The number of fused-ring (bicyclic) bond motifs is 3. The molecule has 2 aromatic carbocycles. The van der Waals surface area contributed by atoms with Crippen molar-refractivity contribution in [3.8, 4) is 11.8 Å². The van der Waals surface area contributed by atoms with Gasteiger partial charge < -0.3 is 9.30 Å². The summed E-state index contributed by atoms with van der Waals surface area (Å²) in [7, 11) is 0. The second-order valence-electron chi connectivity index (χ2n) is 9.05. The predicted octanol–water partition coefficient (Wildman–Crippen LogP) is 5.82. The molecule has 1 saturated carbocycles. The summed E-state index contributed by atoms with van der Waals surface area (Å²) in [6, 6.07) is 18.8. The first-order chi connectivity index (χ1) is 16.1. The van der Waals surface area contributed by atoms with Crippen LogP contribution in [-0.4, -0.2) is 14.5 Å². The first-order valence-corrected chi connectivity index (χ1v) is 11.4. The minimum absolute atomic E-state index is 0.483. The van der Waals surface area contributed by atoms with Crippen molar-refractivity contribution in [3.63, 3.8) is 0 Å². The molecule has 4 aromatic rings. The number of imidazole rings is 1. The van der Waals surface area contributed by atoms with Crippen molar-refractivity contribution in [1.82, 2.24) is 14.5 Å². The molecule has 3 heterocycles. The zero-order chi connectivity index (χ0) is 22.5. The number of benzene rings is 2. The molecule has 0 saturated heterocycles. The lowest BCUT2D eigenvalue weighted by atomic mass is 9.93. The summed E-state index contributed by atoms with van der Waals surface area (Å²) in [6.45, 7) is 5.33.